The Kier molecular flexibility index (Phi) is 5.06. The standard InChI is InChI=1S/C21H23N5O2/c1-14-8-10-26(11-9-14)19-13-17(21(27)23-18-12-15(2)28-25-18)22-20(24-19)16-6-4-3-5-7-16/h3-7,12-14H,8-11H2,1-2H3,(H,23,25,27). The Balaban J connectivity index is 1.68. The summed E-state index contributed by atoms with van der Waals surface area (Å²) < 4.78 is 5.02. The highest BCUT2D eigenvalue weighted by atomic mass is 16.5. The second kappa shape index (κ2) is 7.80. The van der Waals surface area contributed by atoms with Gasteiger partial charge in [0, 0.05) is 30.8 Å². The van der Waals surface area contributed by atoms with Crippen molar-refractivity contribution in [3.63, 3.8) is 0 Å². The zero-order valence-electron chi connectivity index (χ0n) is 16.1. The summed E-state index contributed by atoms with van der Waals surface area (Å²) in [6.07, 6.45) is 2.23. The highest BCUT2D eigenvalue weighted by molar-refractivity contribution is 6.03. The molecule has 1 aromatic carbocycles. The van der Waals surface area contributed by atoms with Crippen LogP contribution in [0.25, 0.3) is 11.4 Å². The van der Waals surface area contributed by atoms with Crippen LogP contribution in [-0.2, 0) is 0 Å². The first-order valence-corrected chi connectivity index (χ1v) is 9.52. The third-order valence-corrected chi connectivity index (χ3v) is 4.95. The van der Waals surface area contributed by atoms with Crippen molar-refractivity contribution in [2.24, 2.45) is 5.92 Å². The summed E-state index contributed by atoms with van der Waals surface area (Å²) in [5, 5.41) is 6.56. The van der Waals surface area contributed by atoms with Gasteiger partial charge in [0.2, 0.25) is 0 Å². The van der Waals surface area contributed by atoms with E-state index in [1.807, 2.05) is 30.3 Å². The summed E-state index contributed by atoms with van der Waals surface area (Å²) in [6.45, 7) is 5.90. The number of anilines is 2. The maximum Gasteiger partial charge on any atom is 0.275 e. The van der Waals surface area contributed by atoms with E-state index in [9.17, 15) is 4.79 Å². The minimum absolute atomic E-state index is 0.308. The molecule has 0 radical (unpaired) electrons. The van der Waals surface area contributed by atoms with E-state index >= 15 is 0 Å². The van der Waals surface area contributed by atoms with E-state index in [1.165, 1.54) is 0 Å². The molecule has 1 amide bonds. The lowest BCUT2D eigenvalue weighted by molar-refractivity contribution is 0.102. The Hall–Kier alpha value is -3.22. The zero-order chi connectivity index (χ0) is 19.5. The number of carbonyl (C=O) groups excluding carboxylic acids is 1. The van der Waals surface area contributed by atoms with Crippen LogP contribution in [0.3, 0.4) is 0 Å². The Bertz CT molecular complexity index is 962. The number of hydrogen-bond donors (Lipinski definition) is 1. The lowest BCUT2D eigenvalue weighted by Gasteiger charge is -2.31. The molecule has 2 aromatic heterocycles. The fourth-order valence-corrected chi connectivity index (χ4v) is 3.27. The summed E-state index contributed by atoms with van der Waals surface area (Å²) >= 11 is 0. The van der Waals surface area contributed by atoms with Crippen molar-refractivity contribution in [2.75, 3.05) is 23.3 Å². The van der Waals surface area contributed by atoms with Crippen molar-refractivity contribution in [1.29, 1.82) is 0 Å². The number of carbonyl (C=O) groups is 1. The van der Waals surface area contributed by atoms with Gasteiger partial charge in [-0.05, 0) is 25.7 Å². The second-order valence-corrected chi connectivity index (χ2v) is 7.25. The third kappa shape index (κ3) is 4.03. The quantitative estimate of drug-likeness (QED) is 0.742. The molecule has 1 aliphatic heterocycles. The Morgan fingerprint density at radius 1 is 1.14 bits per heavy atom. The van der Waals surface area contributed by atoms with Crippen molar-refractivity contribution in [2.45, 2.75) is 26.7 Å². The molecule has 1 saturated heterocycles. The van der Waals surface area contributed by atoms with Crippen molar-refractivity contribution in [3.05, 3.63) is 53.9 Å². The van der Waals surface area contributed by atoms with Gasteiger partial charge >= 0.3 is 0 Å². The van der Waals surface area contributed by atoms with Gasteiger partial charge in [-0.25, -0.2) is 9.97 Å². The molecule has 0 atom stereocenters. The smallest absolute Gasteiger partial charge is 0.275 e. The van der Waals surface area contributed by atoms with Crippen molar-refractivity contribution in [1.82, 2.24) is 15.1 Å². The minimum atomic E-state index is -0.334. The number of piperidine rings is 1. The highest BCUT2D eigenvalue weighted by Gasteiger charge is 2.21. The second-order valence-electron chi connectivity index (χ2n) is 7.25. The molecule has 7 heteroatoms. The van der Waals surface area contributed by atoms with Gasteiger partial charge < -0.3 is 14.7 Å². The molecule has 0 aliphatic carbocycles. The van der Waals surface area contributed by atoms with Crippen LogP contribution in [0.4, 0.5) is 11.6 Å². The van der Waals surface area contributed by atoms with E-state index in [4.69, 9.17) is 9.51 Å². The number of nitrogens with zero attached hydrogens (tertiary/aromatic N) is 4. The normalized spacial score (nSPS) is 14.9. The van der Waals surface area contributed by atoms with Crippen LogP contribution in [0.15, 0.2) is 47.0 Å². The predicted octanol–water partition coefficient (Wildman–Crippen LogP) is 3.93. The van der Waals surface area contributed by atoms with Gasteiger partial charge in [0.25, 0.3) is 5.91 Å². The van der Waals surface area contributed by atoms with Crippen LogP contribution in [0, 0.1) is 12.8 Å². The zero-order valence-corrected chi connectivity index (χ0v) is 16.1. The van der Waals surface area contributed by atoms with Gasteiger partial charge in [0.1, 0.15) is 17.3 Å². The molecule has 28 heavy (non-hydrogen) atoms. The maximum atomic E-state index is 12.8. The first-order chi connectivity index (χ1) is 13.6. The number of rotatable bonds is 4. The Labute approximate surface area is 163 Å². The molecule has 7 nitrogen and oxygen atoms in total. The van der Waals surface area contributed by atoms with E-state index in [-0.39, 0.29) is 5.91 Å². The summed E-state index contributed by atoms with van der Waals surface area (Å²) in [4.78, 5) is 24.3. The molecule has 0 spiro atoms. The van der Waals surface area contributed by atoms with Crippen LogP contribution in [0.1, 0.15) is 36.0 Å². The van der Waals surface area contributed by atoms with E-state index < -0.39 is 0 Å². The fourth-order valence-electron chi connectivity index (χ4n) is 3.27. The molecule has 1 aliphatic rings. The molecule has 1 fully saturated rings. The molecular weight excluding hydrogens is 354 g/mol. The van der Waals surface area contributed by atoms with E-state index in [2.05, 4.69) is 27.3 Å². The van der Waals surface area contributed by atoms with Crippen LogP contribution < -0.4 is 10.2 Å². The minimum Gasteiger partial charge on any atom is -0.360 e. The van der Waals surface area contributed by atoms with Crippen LogP contribution >= 0.6 is 0 Å². The fraction of sp³-hybridized carbons (Fsp3) is 0.333. The maximum absolute atomic E-state index is 12.8. The lowest BCUT2D eigenvalue weighted by atomic mass is 9.99. The van der Waals surface area contributed by atoms with Gasteiger partial charge in [0.05, 0.1) is 0 Å². The molecule has 1 N–H and O–H groups in total. The highest BCUT2D eigenvalue weighted by Crippen LogP contribution is 2.25. The lowest BCUT2D eigenvalue weighted by Crippen LogP contribution is -2.33. The molecule has 0 bridgehead atoms. The van der Waals surface area contributed by atoms with Crippen molar-refractivity contribution >= 4 is 17.5 Å². The van der Waals surface area contributed by atoms with Gasteiger partial charge in [-0.2, -0.15) is 0 Å². The first-order valence-electron chi connectivity index (χ1n) is 9.52. The average Bonchev–Trinajstić information content (AvgIpc) is 3.13. The summed E-state index contributed by atoms with van der Waals surface area (Å²) in [5.41, 5.74) is 1.18. The van der Waals surface area contributed by atoms with Crippen molar-refractivity contribution < 1.29 is 9.32 Å². The van der Waals surface area contributed by atoms with E-state index in [0.29, 0.717) is 29.0 Å². The number of aromatic nitrogens is 3. The Morgan fingerprint density at radius 2 is 1.89 bits per heavy atom. The molecule has 3 aromatic rings. The van der Waals surface area contributed by atoms with Gasteiger partial charge in [0.15, 0.2) is 11.6 Å². The van der Waals surface area contributed by atoms with Gasteiger partial charge in [-0.15, -0.1) is 0 Å². The monoisotopic (exact) mass is 377 g/mol. The molecule has 0 saturated carbocycles. The van der Waals surface area contributed by atoms with Gasteiger partial charge in [-0.3, -0.25) is 4.79 Å². The number of nitrogens with one attached hydrogen (secondary N) is 1. The van der Waals surface area contributed by atoms with E-state index in [0.717, 1.165) is 37.3 Å². The van der Waals surface area contributed by atoms with Crippen LogP contribution in [0.5, 0.6) is 0 Å². The summed E-state index contributed by atoms with van der Waals surface area (Å²) in [5.74, 6) is 2.70. The molecule has 3 heterocycles. The SMILES string of the molecule is Cc1cc(NC(=O)c2cc(N3CCC(C)CC3)nc(-c3ccccc3)n2)no1. The Morgan fingerprint density at radius 3 is 2.57 bits per heavy atom. The molecular formula is C21H23N5O2. The van der Waals surface area contributed by atoms with Crippen LogP contribution in [-0.4, -0.2) is 34.1 Å². The van der Waals surface area contributed by atoms with E-state index in [1.54, 1.807) is 19.1 Å². The number of benzene rings is 1. The molecule has 0 unspecified atom stereocenters. The van der Waals surface area contributed by atoms with Crippen molar-refractivity contribution in [3.8, 4) is 11.4 Å². The van der Waals surface area contributed by atoms with Crippen LogP contribution in [0.2, 0.25) is 0 Å². The van der Waals surface area contributed by atoms with Gasteiger partial charge in [-0.1, -0.05) is 42.4 Å². The number of hydrogen-bond acceptors (Lipinski definition) is 6. The largest absolute Gasteiger partial charge is 0.360 e. The third-order valence-electron chi connectivity index (χ3n) is 4.95. The predicted molar refractivity (Wildman–Crippen MR) is 107 cm³/mol. The molecule has 4 rings (SSSR count). The number of amides is 1. The topological polar surface area (TPSA) is 84.2 Å². The summed E-state index contributed by atoms with van der Waals surface area (Å²) in [7, 11) is 0. The molecule has 144 valence electrons. The average molecular weight is 377 g/mol. The number of aryl methyl sites for hydroxylation is 1. The summed E-state index contributed by atoms with van der Waals surface area (Å²) in [6, 6.07) is 13.1. The first kappa shape index (κ1) is 18.2.